The molecule has 1 saturated carbocycles. The van der Waals surface area contributed by atoms with Gasteiger partial charge in [-0.05, 0) is 49.8 Å². The molecule has 1 aromatic carbocycles. The Morgan fingerprint density at radius 3 is 2.42 bits per heavy atom. The van der Waals surface area contributed by atoms with Crippen LogP contribution in [0.25, 0.3) is 0 Å². The smallest absolute Gasteiger partial charge is 0.270 e. The van der Waals surface area contributed by atoms with E-state index in [1.807, 2.05) is 6.92 Å². The quantitative estimate of drug-likeness (QED) is 0.853. The molecule has 0 aliphatic heterocycles. The second-order valence-corrected chi connectivity index (χ2v) is 6.25. The minimum atomic E-state index is -0.120. The molecule has 0 spiro atoms. The first-order valence-corrected chi connectivity index (χ1v) is 8.65. The first kappa shape index (κ1) is 16.4. The summed E-state index contributed by atoms with van der Waals surface area (Å²) in [4.78, 5) is 21.2. The third-order valence-corrected chi connectivity index (χ3v) is 4.24. The van der Waals surface area contributed by atoms with Crippen LogP contribution in [0.15, 0.2) is 24.3 Å². The van der Waals surface area contributed by atoms with Crippen LogP contribution in [0.1, 0.15) is 54.0 Å². The molecule has 5 nitrogen and oxygen atoms in total. The van der Waals surface area contributed by atoms with Crippen LogP contribution in [-0.2, 0) is 12.8 Å². The van der Waals surface area contributed by atoms with Gasteiger partial charge in [0.05, 0.1) is 0 Å². The number of nitrogens with one attached hydrogen (secondary N) is 2. The Labute approximate surface area is 142 Å². The second kappa shape index (κ2) is 6.99. The van der Waals surface area contributed by atoms with Crippen molar-refractivity contribution in [3.8, 4) is 0 Å². The van der Waals surface area contributed by atoms with Crippen LogP contribution in [0, 0.1) is 6.92 Å². The Morgan fingerprint density at radius 1 is 1.17 bits per heavy atom. The molecule has 3 rings (SSSR count). The molecule has 1 aliphatic carbocycles. The fourth-order valence-corrected chi connectivity index (χ4v) is 2.74. The Morgan fingerprint density at radius 2 is 1.83 bits per heavy atom. The third kappa shape index (κ3) is 3.72. The number of aromatic nitrogens is 2. The normalized spacial score (nSPS) is 13.6. The van der Waals surface area contributed by atoms with Gasteiger partial charge in [0, 0.05) is 17.4 Å². The van der Waals surface area contributed by atoms with E-state index in [0.717, 1.165) is 37.1 Å². The van der Waals surface area contributed by atoms with Gasteiger partial charge in [0.25, 0.3) is 5.91 Å². The monoisotopic (exact) mass is 324 g/mol. The molecule has 5 heteroatoms. The molecular weight excluding hydrogens is 300 g/mol. The maximum absolute atomic E-state index is 12.3. The van der Waals surface area contributed by atoms with Crippen molar-refractivity contribution in [2.75, 3.05) is 5.32 Å². The Bertz CT molecular complexity index is 731. The van der Waals surface area contributed by atoms with Crippen molar-refractivity contribution in [3.05, 3.63) is 46.8 Å². The van der Waals surface area contributed by atoms with Gasteiger partial charge in [-0.1, -0.05) is 32.0 Å². The number of carbonyl (C=O) groups is 1. The van der Waals surface area contributed by atoms with Crippen LogP contribution in [0.3, 0.4) is 0 Å². The lowest BCUT2D eigenvalue weighted by Gasteiger charge is -2.15. The van der Waals surface area contributed by atoms with Crippen LogP contribution < -0.4 is 10.6 Å². The summed E-state index contributed by atoms with van der Waals surface area (Å²) in [5, 5.41) is 6.32. The van der Waals surface area contributed by atoms with Crippen LogP contribution in [0.4, 0.5) is 11.6 Å². The number of hydrogen-bond acceptors (Lipinski definition) is 4. The zero-order valence-electron chi connectivity index (χ0n) is 14.5. The van der Waals surface area contributed by atoms with Gasteiger partial charge >= 0.3 is 0 Å². The molecule has 2 N–H and O–H groups in total. The van der Waals surface area contributed by atoms with Crippen molar-refractivity contribution < 1.29 is 4.79 Å². The van der Waals surface area contributed by atoms with Crippen LogP contribution in [0.2, 0.25) is 0 Å². The molecule has 1 aliphatic rings. The molecule has 1 heterocycles. The van der Waals surface area contributed by atoms with E-state index in [9.17, 15) is 4.79 Å². The number of para-hydroxylation sites is 1. The SMILES string of the molecule is CCc1cccc(CC)c1Nc1nc(C)cc(C(=O)NC2CC2)n1. The summed E-state index contributed by atoms with van der Waals surface area (Å²) in [5.74, 6) is 0.358. The van der Waals surface area contributed by atoms with Gasteiger partial charge in [0.15, 0.2) is 0 Å². The van der Waals surface area contributed by atoms with Crippen molar-refractivity contribution in [3.63, 3.8) is 0 Å². The predicted octanol–water partition coefficient (Wildman–Crippen LogP) is 3.55. The summed E-state index contributed by atoms with van der Waals surface area (Å²) >= 11 is 0. The van der Waals surface area contributed by atoms with Crippen molar-refractivity contribution in [2.24, 2.45) is 0 Å². The highest BCUT2D eigenvalue weighted by Crippen LogP contribution is 2.25. The van der Waals surface area contributed by atoms with Crippen molar-refractivity contribution in [1.29, 1.82) is 0 Å². The number of benzene rings is 1. The number of carbonyl (C=O) groups excluding carboxylic acids is 1. The summed E-state index contributed by atoms with van der Waals surface area (Å²) in [6.45, 7) is 6.14. The number of nitrogens with zero attached hydrogens (tertiary/aromatic N) is 2. The molecule has 126 valence electrons. The molecule has 1 fully saturated rings. The minimum Gasteiger partial charge on any atom is -0.348 e. The Balaban J connectivity index is 1.90. The van der Waals surface area contributed by atoms with Crippen molar-refractivity contribution in [1.82, 2.24) is 15.3 Å². The lowest BCUT2D eigenvalue weighted by molar-refractivity contribution is 0.0946. The highest BCUT2D eigenvalue weighted by atomic mass is 16.2. The molecule has 1 aromatic heterocycles. The summed E-state index contributed by atoms with van der Waals surface area (Å²) in [7, 11) is 0. The predicted molar refractivity (Wildman–Crippen MR) is 95.7 cm³/mol. The first-order valence-electron chi connectivity index (χ1n) is 8.65. The molecular formula is C19H24N4O. The zero-order valence-corrected chi connectivity index (χ0v) is 14.5. The number of hydrogen-bond donors (Lipinski definition) is 2. The largest absolute Gasteiger partial charge is 0.348 e. The van der Waals surface area contributed by atoms with E-state index in [4.69, 9.17) is 0 Å². The molecule has 0 saturated heterocycles. The number of anilines is 2. The van der Waals surface area contributed by atoms with E-state index in [0.29, 0.717) is 17.7 Å². The average molecular weight is 324 g/mol. The van der Waals surface area contributed by atoms with Gasteiger partial charge in [0.2, 0.25) is 5.95 Å². The number of aryl methyl sites for hydroxylation is 3. The molecule has 2 aromatic rings. The van der Waals surface area contributed by atoms with Crippen molar-refractivity contribution in [2.45, 2.75) is 52.5 Å². The first-order chi connectivity index (χ1) is 11.6. The molecule has 0 bridgehead atoms. The van der Waals surface area contributed by atoms with E-state index < -0.39 is 0 Å². The van der Waals surface area contributed by atoms with Gasteiger partial charge < -0.3 is 10.6 Å². The van der Waals surface area contributed by atoms with Gasteiger partial charge in [-0.25, -0.2) is 9.97 Å². The molecule has 1 amide bonds. The summed E-state index contributed by atoms with van der Waals surface area (Å²) in [6.07, 6.45) is 3.98. The maximum Gasteiger partial charge on any atom is 0.270 e. The molecule has 24 heavy (non-hydrogen) atoms. The van der Waals surface area contributed by atoms with Crippen LogP contribution in [-0.4, -0.2) is 21.9 Å². The van der Waals surface area contributed by atoms with E-state index >= 15 is 0 Å². The van der Waals surface area contributed by atoms with E-state index in [1.165, 1.54) is 11.1 Å². The molecule has 0 radical (unpaired) electrons. The van der Waals surface area contributed by atoms with Gasteiger partial charge in [-0.3, -0.25) is 4.79 Å². The Kier molecular flexibility index (Phi) is 4.79. The topological polar surface area (TPSA) is 66.9 Å². The highest BCUT2D eigenvalue weighted by molar-refractivity contribution is 5.93. The molecule has 0 unspecified atom stereocenters. The number of rotatable bonds is 6. The standard InChI is InChI=1S/C19H24N4O/c1-4-13-7-6-8-14(5-2)17(13)23-19-20-12(3)11-16(22-19)18(24)21-15-9-10-15/h6-8,11,15H,4-5,9-10H2,1-3H3,(H,21,24)(H,20,22,23). The second-order valence-electron chi connectivity index (χ2n) is 6.25. The Hall–Kier alpha value is -2.43. The summed E-state index contributed by atoms with van der Waals surface area (Å²) in [6, 6.07) is 8.34. The van der Waals surface area contributed by atoms with Gasteiger partial charge in [-0.15, -0.1) is 0 Å². The lowest BCUT2D eigenvalue weighted by atomic mass is 10.0. The summed E-state index contributed by atoms with van der Waals surface area (Å²) < 4.78 is 0. The fraction of sp³-hybridized carbons (Fsp3) is 0.421. The average Bonchev–Trinajstić information content (AvgIpc) is 3.38. The van der Waals surface area contributed by atoms with E-state index in [1.54, 1.807) is 6.07 Å². The highest BCUT2D eigenvalue weighted by Gasteiger charge is 2.24. The van der Waals surface area contributed by atoms with E-state index in [2.05, 4.69) is 52.6 Å². The lowest BCUT2D eigenvalue weighted by Crippen LogP contribution is -2.26. The third-order valence-electron chi connectivity index (χ3n) is 4.24. The summed E-state index contributed by atoms with van der Waals surface area (Å²) in [5.41, 5.74) is 4.71. The number of amides is 1. The van der Waals surface area contributed by atoms with Crippen molar-refractivity contribution >= 4 is 17.5 Å². The van der Waals surface area contributed by atoms with Crippen LogP contribution >= 0.6 is 0 Å². The fourth-order valence-electron chi connectivity index (χ4n) is 2.74. The molecule has 0 atom stereocenters. The van der Waals surface area contributed by atoms with Crippen LogP contribution in [0.5, 0.6) is 0 Å². The maximum atomic E-state index is 12.3. The van der Waals surface area contributed by atoms with Gasteiger partial charge in [-0.2, -0.15) is 0 Å². The zero-order chi connectivity index (χ0) is 17.1. The minimum absolute atomic E-state index is 0.120. The van der Waals surface area contributed by atoms with E-state index in [-0.39, 0.29) is 5.91 Å². The van der Waals surface area contributed by atoms with Gasteiger partial charge in [0.1, 0.15) is 5.69 Å².